The molecule has 6 N–H and O–H groups in total. The van der Waals surface area contributed by atoms with Crippen molar-refractivity contribution in [2.45, 2.75) is 30.5 Å². The Labute approximate surface area is 97.4 Å². The molecule has 17 heavy (non-hydrogen) atoms. The van der Waals surface area contributed by atoms with Crippen LogP contribution in [0.2, 0.25) is 0 Å². The van der Waals surface area contributed by atoms with E-state index in [4.69, 9.17) is 14.9 Å². The van der Waals surface area contributed by atoms with Gasteiger partial charge in [0.25, 0.3) is 5.91 Å². The molecule has 0 aliphatic carbocycles. The van der Waals surface area contributed by atoms with Crippen molar-refractivity contribution < 1.29 is 35.1 Å². The summed E-state index contributed by atoms with van der Waals surface area (Å²) >= 11 is 0. The summed E-state index contributed by atoms with van der Waals surface area (Å²) in [5.41, 5.74) is 0. The first-order chi connectivity index (χ1) is 8.02. The molecular formula is C9H17NO7. The van der Waals surface area contributed by atoms with E-state index in [0.717, 1.165) is 0 Å². The normalized spacial score (nSPS) is 37.8. The van der Waals surface area contributed by atoms with Crippen molar-refractivity contribution >= 4 is 5.91 Å². The summed E-state index contributed by atoms with van der Waals surface area (Å²) in [4.78, 5) is 11.5. The van der Waals surface area contributed by atoms with Gasteiger partial charge in [-0.15, -0.1) is 0 Å². The van der Waals surface area contributed by atoms with Crippen molar-refractivity contribution in [3.63, 3.8) is 0 Å². The van der Waals surface area contributed by atoms with Gasteiger partial charge in [-0.25, -0.2) is 0 Å². The molecule has 1 heterocycles. The van der Waals surface area contributed by atoms with Crippen LogP contribution in [-0.4, -0.2) is 81.7 Å². The largest absolute Gasteiger partial charge is 0.395 e. The molecule has 0 aromatic rings. The van der Waals surface area contributed by atoms with E-state index in [9.17, 15) is 20.1 Å². The summed E-state index contributed by atoms with van der Waals surface area (Å²) in [6.45, 7) is -0.883. The van der Waals surface area contributed by atoms with Crippen molar-refractivity contribution in [2.75, 3.05) is 19.8 Å². The van der Waals surface area contributed by atoms with Crippen LogP contribution < -0.4 is 5.32 Å². The first-order valence-electron chi connectivity index (χ1n) is 5.22. The first-order valence-corrected chi connectivity index (χ1v) is 5.22. The first kappa shape index (κ1) is 14.3. The minimum absolute atomic E-state index is 0.0200. The summed E-state index contributed by atoms with van der Waals surface area (Å²) in [5, 5.41) is 48.1. The number of hydrogen-bond acceptors (Lipinski definition) is 7. The predicted molar refractivity (Wildman–Crippen MR) is 53.9 cm³/mol. The summed E-state index contributed by atoms with van der Waals surface area (Å²) in [5.74, 6) is -0.726. The second-order valence-corrected chi connectivity index (χ2v) is 3.76. The molecule has 0 bridgehead atoms. The Morgan fingerprint density at radius 3 is 2.29 bits per heavy atom. The maximum absolute atomic E-state index is 11.5. The maximum Gasteiger partial charge on any atom is 0.252 e. The van der Waals surface area contributed by atoms with Gasteiger partial charge in [-0.3, -0.25) is 4.79 Å². The van der Waals surface area contributed by atoms with Crippen molar-refractivity contribution in [3.8, 4) is 0 Å². The van der Waals surface area contributed by atoms with Gasteiger partial charge in [-0.05, 0) is 0 Å². The molecule has 1 aliphatic heterocycles. The van der Waals surface area contributed by atoms with Crippen LogP contribution in [0.1, 0.15) is 0 Å². The van der Waals surface area contributed by atoms with Crippen molar-refractivity contribution in [2.24, 2.45) is 0 Å². The molecule has 0 aromatic heterocycles. The second kappa shape index (κ2) is 6.24. The molecule has 5 atom stereocenters. The van der Waals surface area contributed by atoms with Gasteiger partial charge in [-0.1, -0.05) is 0 Å². The average molecular weight is 251 g/mol. The number of rotatable bonds is 4. The third kappa shape index (κ3) is 3.12. The average Bonchev–Trinajstić information content (AvgIpc) is 2.33. The van der Waals surface area contributed by atoms with E-state index in [1.165, 1.54) is 0 Å². The number of amides is 1. The van der Waals surface area contributed by atoms with Crippen LogP contribution in [0, 0.1) is 0 Å². The number of carbonyl (C=O) groups is 1. The maximum atomic E-state index is 11.5. The van der Waals surface area contributed by atoms with Crippen LogP contribution in [0.15, 0.2) is 0 Å². The van der Waals surface area contributed by atoms with Gasteiger partial charge in [0.1, 0.15) is 24.4 Å². The topological polar surface area (TPSA) is 139 Å². The highest BCUT2D eigenvalue weighted by Gasteiger charge is 2.46. The molecule has 0 aromatic carbocycles. The van der Waals surface area contributed by atoms with E-state index in [1.54, 1.807) is 0 Å². The lowest BCUT2D eigenvalue weighted by molar-refractivity contribution is -0.226. The lowest BCUT2D eigenvalue weighted by Gasteiger charge is -2.39. The smallest absolute Gasteiger partial charge is 0.252 e. The number of hydrogen-bond donors (Lipinski definition) is 6. The number of aliphatic hydroxyl groups excluding tert-OH is 5. The molecule has 1 rings (SSSR count). The molecule has 8 heteroatoms. The Bertz CT molecular complexity index is 260. The Morgan fingerprint density at radius 1 is 1.12 bits per heavy atom. The van der Waals surface area contributed by atoms with Crippen LogP contribution >= 0.6 is 0 Å². The van der Waals surface area contributed by atoms with Crippen LogP contribution in [0.5, 0.6) is 0 Å². The molecule has 1 fully saturated rings. The summed E-state index contributed by atoms with van der Waals surface area (Å²) in [7, 11) is 0. The van der Waals surface area contributed by atoms with Gasteiger partial charge < -0.3 is 35.6 Å². The molecule has 1 aliphatic rings. The zero-order valence-corrected chi connectivity index (χ0v) is 9.06. The standard InChI is InChI=1S/C9H17NO7/c11-2-1-10-9(16)8-7(15)6(14)5(13)4(3-12)17-8/h4-8,11-15H,1-3H2,(H,10,16)/t4-,5-,6+,7-,8-/m0/s1. The van der Waals surface area contributed by atoms with Crippen molar-refractivity contribution in [3.05, 3.63) is 0 Å². The van der Waals surface area contributed by atoms with E-state index in [0.29, 0.717) is 0 Å². The molecule has 1 saturated heterocycles. The monoisotopic (exact) mass is 251 g/mol. The van der Waals surface area contributed by atoms with E-state index in [-0.39, 0.29) is 13.2 Å². The van der Waals surface area contributed by atoms with Crippen LogP contribution in [0.4, 0.5) is 0 Å². The van der Waals surface area contributed by atoms with Crippen LogP contribution in [0.3, 0.4) is 0 Å². The molecule has 0 saturated carbocycles. The third-order valence-electron chi connectivity index (χ3n) is 2.56. The molecule has 0 radical (unpaired) electrons. The highest BCUT2D eigenvalue weighted by molar-refractivity contribution is 5.81. The summed E-state index contributed by atoms with van der Waals surface area (Å²) in [6.07, 6.45) is -7.16. The lowest BCUT2D eigenvalue weighted by atomic mass is 9.95. The number of aliphatic hydroxyl groups is 5. The Morgan fingerprint density at radius 2 is 1.76 bits per heavy atom. The number of carbonyl (C=O) groups excluding carboxylic acids is 1. The van der Waals surface area contributed by atoms with E-state index in [1.807, 2.05) is 0 Å². The van der Waals surface area contributed by atoms with E-state index in [2.05, 4.69) is 5.32 Å². The Hall–Kier alpha value is -0.770. The minimum atomic E-state index is -1.59. The fourth-order valence-electron chi connectivity index (χ4n) is 1.60. The highest BCUT2D eigenvalue weighted by Crippen LogP contribution is 2.21. The molecule has 0 unspecified atom stereocenters. The Balaban J connectivity index is 2.68. The van der Waals surface area contributed by atoms with Crippen LogP contribution in [0.25, 0.3) is 0 Å². The third-order valence-corrected chi connectivity index (χ3v) is 2.56. The lowest BCUT2D eigenvalue weighted by Crippen LogP contribution is -2.62. The van der Waals surface area contributed by atoms with E-state index < -0.39 is 43.0 Å². The van der Waals surface area contributed by atoms with E-state index >= 15 is 0 Å². The number of nitrogens with one attached hydrogen (secondary N) is 1. The van der Waals surface area contributed by atoms with Gasteiger partial charge in [0.2, 0.25) is 0 Å². The van der Waals surface area contributed by atoms with Gasteiger partial charge in [0.15, 0.2) is 6.10 Å². The van der Waals surface area contributed by atoms with Gasteiger partial charge >= 0.3 is 0 Å². The van der Waals surface area contributed by atoms with Gasteiger partial charge in [0, 0.05) is 6.54 Å². The summed E-state index contributed by atoms with van der Waals surface area (Å²) in [6, 6.07) is 0. The van der Waals surface area contributed by atoms with Gasteiger partial charge in [0.05, 0.1) is 13.2 Å². The molecule has 0 spiro atoms. The fourth-order valence-corrected chi connectivity index (χ4v) is 1.60. The molecule has 1 amide bonds. The van der Waals surface area contributed by atoms with Gasteiger partial charge in [-0.2, -0.15) is 0 Å². The summed E-state index contributed by atoms with van der Waals surface area (Å²) < 4.78 is 4.99. The molecule has 100 valence electrons. The predicted octanol–water partition coefficient (Wildman–Crippen LogP) is -4.06. The zero-order chi connectivity index (χ0) is 13.0. The molecule has 8 nitrogen and oxygen atoms in total. The second-order valence-electron chi connectivity index (χ2n) is 3.76. The fraction of sp³-hybridized carbons (Fsp3) is 0.889. The molecular weight excluding hydrogens is 234 g/mol. The van der Waals surface area contributed by atoms with Crippen LogP contribution in [-0.2, 0) is 9.53 Å². The highest BCUT2D eigenvalue weighted by atomic mass is 16.5. The zero-order valence-electron chi connectivity index (χ0n) is 9.06. The van der Waals surface area contributed by atoms with Crippen molar-refractivity contribution in [1.29, 1.82) is 0 Å². The quantitative estimate of drug-likeness (QED) is 0.299. The SMILES string of the molecule is O=C(NCCO)[C@H]1O[C@@H](CO)[C@H](O)[C@@H](O)[C@@H]1O. The Kier molecular flexibility index (Phi) is 5.25. The van der Waals surface area contributed by atoms with Crippen molar-refractivity contribution in [1.82, 2.24) is 5.32 Å². The minimum Gasteiger partial charge on any atom is -0.395 e. The number of ether oxygens (including phenoxy) is 1.